The molecule has 0 aliphatic carbocycles. The summed E-state index contributed by atoms with van der Waals surface area (Å²) in [5, 5.41) is 0. The van der Waals surface area contributed by atoms with Gasteiger partial charge in [-0.1, -0.05) is 24.6 Å². The Morgan fingerprint density at radius 2 is 1.95 bits per heavy atom. The Morgan fingerprint density at radius 1 is 1.15 bits per heavy atom. The summed E-state index contributed by atoms with van der Waals surface area (Å²) >= 11 is 3.57. The number of benzene rings is 2. The second-order valence-electron chi connectivity index (χ2n) is 5.12. The topological polar surface area (TPSA) is 26.0 Å². The lowest BCUT2D eigenvalue weighted by atomic mass is 10.1. The lowest BCUT2D eigenvalue weighted by molar-refractivity contribution is 0.617. The fraction of sp³-hybridized carbons (Fsp3) is 0.235. The number of oxazole rings is 1. The largest absolute Gasteiger partial charge is 0.435 e. The lowest BCUT2D eigenvalue weighted by Crippen LogP contribution is -1.84. The molecule has 0 radical (unpaired) electrons. The summed E-state index contributed by atoms with van der Waals surface area (Å²) in [7, 11) is 0. The van der Waals surface area contributed by atoms with Gasteiger partial charge < -0.3 is 4.42 Å². The highest BCUT2D eigenvalue weighted by Crippen LogP contribution is 2.32. The molecule has 0 bridgehead atoms. The smallest absolute Gasteiger partial charge is 0.227 e. The second-order valence-corrected chi connectivity index (χ2v) is 5.97. The molecule has 0 aliphatic rings. The molecule has 2 aromatic carbocycles. The van der Waals surface area contributed by atoms with Crippen LogP contribution in [0.5, 0.6) is 0 Å². The van der Waals surface area contributed by atoms with Gasteiger partial charge in [-0.3, -0.25) is 0 Å². The molecule has 102 valence electrons. The van der Waals surface area contributed by atoms with Gasteiger partial charge in [0.2, 0.25) is 5.89 Å². The first-order valence-electron chi connectivity index (χ1n) is 6.75. The molecular formula is C17H16BrNO. The summed E-state index contributed by atoms with van der Waals surface area (Å²) in [5.74, 6) is 0.687. The Hall–Kier alpha value is -1.61. The highest BCUT2D eigenvalue weighted by Gasteiger charge is 2.13. The van der Waals surface area contributed by atoms with Crippen LogP contribution in [0.15, 0.2) is 39.2 Å². The first kappa shape index (κ1) is 13.4. The average Bonchev–Trinajstić information content (AvgIpc) is 2.82. The molecule has 3 rings (SSSR count). The molecule has 0 atom stereocenters. The maximum absolute atomic E-state index is 5.95. The Balaban J connectivity index is 2.20. The van der Waals surface area contributed by atoms with Crippen molar-refractivity contribution in [3.63, 3.8) is 0 Å². The van der Waals surface area contributed by atoms with Crippen molar-refractivity contribution >= 4 is 27.0 Å². The van der Waals surface area contributed by atoms with E-state index in [2.05, 4.69) is 72.0 Å². The summed E-state index contributed by atoms with van der Waals surface area (Å²) in [4.78, 5) is 4.65. The molecule has 0 saturated heterocycles. The molecule has 0 unspecified atom stereocenters. The Morgan fingerprint density at radius 3 is 2.65 bits per heavy atom. The molecule has 20 heavy (non-hydrogen) atoms. The van der Waals surface area contributed by atoms with E-state index in [9.17, 15) is 0 Å². The van der Waals surface area contributed by atoms with Gasteiger partial charge in [0.1, 0.15) is 5.52 Å². The van der Waals surface area contributed by atoms with Gasteiger partial charge in [0.05, 0.1) is 4.47 Å². The Bertz CT molecular complexity index is 789. The minimum absolute atomic E-state index is 0.687. The average molecular weight is 330 g/mol. The molecule has 0 N–H and O–H groups in total. The van der Waals surface area contributed by atoms with Gasteiger partial charge in [-0.05, 0) is 65.5 Å². The molecule has 1 aromatic heterocycles. The summed E-state index contributed by atoms with van der Waals surface area (Å²) in [6, 6.07) is 10.5. The minimum atomic E-state index is 0.687. The second kappa shape index (κ2) is 5.06. The van der Waals surface area contributed by atoms with Crippen molar-refractivity contribution in [2.45, 2.75) is 27.2 Å². The van der Waals surface area contributed by atoms with Crippen LogP contribution in [0.3, 0.4) is 0 Å². The van der Waals surface area contributed by atoms with Crippen molar-refractivity contribution in [2.24, 2.45) is 0 Å². The molecule has 0 fully saturated rings. The minimum Gasteiger partial charge on any atom is -0.435 e. The van der Waals surface area contributed by atoms with Crippen molar-refractivity contribution in [3.8, 4) is 11.5 Å². The van der Waals surface area contributed by atoms with E-state index < -0.39 is 0 Å². The first-order chi connectivity index (χ1) is 9.58. The van der Waals surface area contributed by atoms with E-state index in [0.29, 0.717) is 5.89 Å². The standard InChI is InChI=1S/C17H16BrNO/c1-4-12-8-14(18)16-15(9-12)19-17(20-16)13-6-5-10(2)7-11(13)3/h5-9H,4H2,1-3H3. The molecule has 0 spiro atoms. The molecule has 0 aliphatic heterocycles. The number of fused-ring (bicyclic) bond motifs is 1. The number of hydrogen-bond acceptors (Lipinski definition) is 2. The van der Waals surface area contributed by atoms with Gasteiger partial charge in [-0.2, -0.15) is 0 Å². The fourth-order valence-electron chi connectivity index (χ4n) is 2.42. The highest BCUT2D eigenvalue weighted by atomic mass is 79.9. The molecule has 2 nitrogen and oxygen atoms in total. The lowest BCUT2D eigenvalue weighted by Gasteiger charge is -2.01. The van der Waals surface area contributed by atoms with Crippen LogP contribution in [0.1, 0.15) is 23.6 Å². The van der Waals surface area contributed by atoms with Gasteiger partial charge >= 0.3 is 0 Å². The van der Waals surface area contributed by atoms with Crippen molar-refractivity contribution in [3.05, 3.63) is 51.5 Å². The highest BCUT2D eigenvalue weighted by molar-refractivity contribution is 9.10. The van der Waals surface area contributed by atoms with Gasteiger partial charge in [0, 0.05) is 5.56 Å². The van der Waals surface area contributed by atoms with Gasteiger partial charge in [-0.15, -0.1) is 0 Å². The van der Waals surface area contributed by atoms with Crippen LogP contribution in [0.4, 0.5) is 0 Å². The third-order valence-corrected chi connectivity index (χ3v) is 4.11. The van der Waals surface area contributed by atoms with E-state index >= 15 is 0 Å². The summed E-state index contributed by atoms with van der Waals surface area (Å²) < 4.78 is 6.92. The maximum atomic E-state index is 5.95. The molecule has 3 heteroatoms. The zero-order valence-electron chi connectivity index (χ0n) is 11.8. The third-order valence-electron chi connectivity index (χ3n) is 3.53. The number of halogens is 1. The quantitative estimate of drug-likeness (QED) is 0.625. The number of hydrogen-bond donors (Lipinski definition) is 0. The van der Waals surface area contributed by atoms with Crippen molar-refractivity contribution < 1.29 is 4.42 Å². The van der Waals surface area contributed by atoms with E-state index in [1.165, 1.54) is 16.7 Å². The predicted molar refractivity (Wildman–Crippen MR) is 86.0 cm³/mol. The Labute approximate surface area is 127 Å². The van der Waals surface area contributed by atoms with Crippen LogP contribution in [0.2, 0.25) is 0 Å². The van der Waals surface area contributed by atoms with Crippen LogP contribution >= 0.6 is 15.9 Å². The Kier molecular flexibility index (Phi) is 3.38. The van der Waals surface area contributed by atoms with Gasteiger partial charge in [0.25, 0.3) is 0 Å². The fourth-order valence-corrected chi connectivity index (χ4v) is 3.00. The van der Waals surface area contributed by atoms with Crippen LogP contribution in [0, 0.1) is 13.8 Å². The maximum Gasteiger partial charge on any atom is 0.227 e. The van der Waals surface area contributed by atoms with E-state index in [0.717, 1.165) is 27.6 Å². The van der Waals surface area contributed by atoms with Crippen molar-refractivity contribution in [2.75, 3.05) is 0 Å². The van der Waals surface area contributed by atoms with Crippen LogP contribution in [0.25, 0.3) is 22.6 Å². The predicted octanol–water partition coefficient (Wildman–Crippen LogP) is 5.44. The van der Waals surface area contributed by atoms with Crippen LogP contribution in [-0.2, 0) is 6.42 Å². The number of nitrogens with zero attached hydrogens (tertiary/aromatic N) is 1. The van der Waals surface area contributed by atoms with Crippen molar-refractivity contribution in [1.82, 2.24) is 4.98 Å². The van der Waals surface area contributed by atoms with Crippen LogP contribution < -0.4 is 0 Å². The van der Waals surface area contributed by atoms with Gasteiger partial charge in [-0.25, -0.2) is 4.98 Å². The summed E-state index contributed by atoms with van der Waals surface area (Å²) in [6.07, 6.45) is 0.986. The molecular weight excluding hydrogens is 314 g/mol. The molecule has 3 aromatic rings. The normalized spacial score (nSPS) is 11.2. The number of aryl methyl sites for hydroxylation is 3. The third kappa shape index (κ3) is 2.27. The van der Waals surface area contributed by atoms with Gasteiger partial charge in [0.15, 0.2) is 5.58 Å². The number of aromatic nitrogens is 1. The monoisotopic (exact) mass is 329 g/mol. The molecule has 1 heterocycles. The van der Waals surface area contributed by atoms with E-state index in [1.807, 2.05) is 0 Å². The zero-order chi connectivity index (χ0) is 14.3. The summed E-state index contributed by atoms with van der Waals surface area (Å²) in [6.45, 7) is 6.31. The van der Waals surface area contributed by atoms with E-state index in [1.54, 1.807) is 0 Å². The molecule has 0 saturated carbocycles. The van der Waals surface area contributed by atoms with E-state index in [4.69, 9.17) is 4.42 Å². The zero-order valence-corrected chi connectivity index (χ0v) is 13.4. The molecule has 0 amide bonds. The first-order valence-corrected chi connectivity index (χ1v) is 7.54. The summed E-state index contributed by atoms with van der Waals surface area (Å²) in [5.41, 5.74) is 6.46. The van der Waals surface area contributed by atoms with Crippen LogP contribution in [-0.4, -0.2) is 4.98 Å². The number of rotatable bonds is 2. The SMILES string of the molecule is CCc1cc(Br)c2oc(-c3ccc(C)cc3C)nc2c1. The van der Waals surface area contributed by atoms with E-state index in [-0.39, 0.29) is 0 Å². The van der Waals surface area contributed by atoms with Crippen molar-refractivity contribution in [1.29, 1.82) is 0 Å².